The minimum absolute atomic E-state index is 0.295. The number of hydrogen-bond donors (Lipinski definition) is 0. The number of aromatic nitrogens is 1. The van der Waals surface area contributed by atoms with E-state index in [9.17, 15) is 0 Å². The first-order chi connectivity index (χ1) is 25.8. The highest BCUT2D eigenvalue weighted by atomic mass is 15.2. The zero-order chi connectivity index (χ0) is 34.2. The summed E-state index contributed by atoms with van der Waals surface area (Å²) in [5, 5.41) is 7.91. The summed E-state index contributed by atoms with van der Waals surface area (Å²) in [7, 11) is 0. The fourth-order valence-electron chi connectivity index (χ4n) is 9.08. The van der Waals surface area contributed by atoms with Crippen LogP contribution in [-0.4, -0.2) is 4.57 Å². The average Bonchev–Trinajstić information content (AvgIpc) is 3.72. The van der Waals surface area contributed by atoms with Crippen LogP contribution in [0.4, 0.5) is 11.4 Å². The molecule has 1 atom stereocenters. The predicted octanol–water partition coefficient (Wildman–Crippen LogP) is 13.4. The van der Waals surface area contributed by atoms with Crippen LogP contribution in [0.2, 0.25) is 0 Å². The van der Waals surface area contributed by atoms with E-state index in [4.69, 9.17) is 0 Å². The van der Waals surface area contributed by atoms with Crippen LogP contribution in [0.3, 0.4) is 0 Å². The third kappa shape index (κ3) is 4.31. The molecule has 2 nitrogen and oxygen atoms in total. The third-order valence-corrected chi connectivity index (χ3v) is 11.3. The van der Waals surface area contributed by atoms with Crippen LogP contribution in [0.25, 0.3) is 65.7 Å². The number of nitrogens with zero attached hydrogens (tertiary/aromatic N) is 2. The molecule has 0 saturated carbocycles. The molecule has 2 aliphatic carbocycles. The Balaban J connectivity index is 1.12. The summed E-state index contributed by atoms with van der Waals surface area (Å²) in [6.45, 7) is 0. The first-order valence-corrected chi connectivity index (χ1v) is 18.2. The quantitative estimate of drug-likeness (QED) is 0.167. The number of anilines is 2. The first-order valence-electron chi connectivity index (χ1n) is 18.2. The zero-order valence-electron chi connectivity index (χ0n) is 28.6. The molecule has 1 unspecified atom stereocenters. The van der Waals surface area contributed by atoms with E-state index < -0.39 is 0 Å². The van der Waals surface area contributed by atoms with Crippen molar-refractivity contribution in [2.45, 2.75) is 12.3 Å². The van der Waals surface area contributed by atoms with E-state index in [1.807, 2.05) is 0 Å². The predicted molar refractivity (Wildman–Crippen MR) is 220 cm³/mol. The molecule has 1 aromatic heterocycles. The molecular formula is C50H34N2. The SMILES string of the molecule is C1=C2c3c4ccccc4cc4cccc(c34)C2CC(N(c2ccccc2)c2ccc3c4ccccc4n(-c4ccccc4-c4ccccc4)c3c2)=C1. The van der Waals surface area contributed by atoms with Crippen molar-refractivity contribution in [3.05, 3.63) is 205 Å². The Morgan fingerprint density at radius 2 is 1.21 bits per heavy atom. The fourth-order valence-corrected chi connectivity index (χ4v) is 9.08. The molecule has 2 heteroatoms. The van der Waals surface area contributed by atoms with Crippen molar-refractivity contribution < 1.29 is 0 Å². The van der Waals surface area contributed by atoms with Crippen molar-refractivity contribution >= 4 is 60.3 Å². The molecule has 0 bridgehead atoms. The van der Waals surface area contributed by atoms with Gasteiger partial charge in [0.05, 0.1) is 16.7 Å². The Morgan fingerprint density at radius 1 is 0.500 bits per heavy atom. The number of para-hydroxylation sites is 3. The summed E-state index contributed by atoms with van der Waals surface area (Å²) in [5.41, 5.74) is 13.9. The monoisotopic (exact) mass is 662 g/mol. The number of rotatable bonds is 5. The Labute approximate surface area is 302 Å². The summed E-state index contributed by atoms with van der Waals surface area (Å²) in [5.74, 6) is 0.295. The number of fused-ring (bicyclic) bond motifs is 8. The van der Waals surface area contributed by atoms with Gasteiger partial charge in [-0.15, -0.1) is 0 Å². The van der Waals surface area contributed by atoms with Crippen molar-refractivity contribution in [1.29, 1.82) is 0 Å². The zero-order valence-corrected chi connectivity index (χ0v) is 28.6. The third-order valence-electron chi connectivity index (χ3n) is 11.3. The van der Waals surface area contributed by atoms with Gasteiger partial charge in [-0.1, -0.05) is 140 Å². The first kappa shape index (κ1) is 29.1. The smallest absolute Gasteiger partial charge is 0.0562 e. The van der Waals surface area contributed by atoms with Gasteiger partial charge in [0.1, 0.15) is 0 Å². The van der Waals surface area contributed by atoms with Gasteiger partial charge >= 0.3 is 0 Å². The lowest BCUT2D eigenvalue weighted by atomic mass is 9.86. The van der Waals surface area contributed by atoms with Crippen LogP contribution in [0.1, 0.15) is 23.5 Å². The fraction of sp³-hybridized carbons (Fsp3) is 0.0400. The lowest BCUT2D eigenvalue weighted by molar-refractivity contribution is 0.829. The number of hydrogen-bond acceptors (Lipinski definition) is 1. The van der Waals surface area contributed by atoms with Gasteiger partial charge in [-0.25, -0.2) is 0 Å². The van der Waals surface area contributed by atoms with E-state index in [-0.39, 0.29) is 0 Å². The van der Waals surface area contributed by atoms with Gasteiger partial charge < -0.3 is 9.47 Å². The van der Waals surface area contributed by atoms with E-state index in [1.165, 1.54) is 82.6 Å². The van der Waals surface area contributed by atoms with Gasteiger partial charge in [-0.05, 0) is 98.8 Å². The van der Waals surface area contributed by atoms with E-state index in [2.05, 4.69) is 198 Å². The highest BCUT2D eigenvalue weighted by Crippen LogP contribution is 2.54. The van der Waals surface area contributed by atoms with Gasteiger partial charge in [0.2, 0.25) is 0 Å². The standard InChI is InChI=1S/C50H34N2/c1-3-14-33(15-4-1)39-20-9-11-24-46(39)52-47-25-12-10-22-41(47)42-28-26-38(32-48(42)52)51(36-18-5-2-6-19-36)37-27-29-44-45(31-37)43-23-13-17-35-30-34-16-7-8-21-40(34)50(44)49(35)43/h1-30,32,45H,31H2. The maximum Gasteiger partial charge on any atom is 0.0562 e. The molecule has 2 aliphatic rings. The Morgan fingerprint density at radius 3 is 2.10 bits per heavy atom. The van der Waals surface area contributed by atoms with E-state index in [0.717, 1.165) is 17.8 Å². The average molecular weight is 663 g/mol. The van der Waals surface area contributed by atoms with Crippen molar-refractivity contribution in [2.24, 2.45) is 0 Å². The van der Waals surface area contributed by atoms with Crippen LogP contribution < -0.4 is 4.90 Å². The van der Waals surface area contributed by atoms with Crippen LogP contribution in [0, 0.1) is 0 Å². The second-order valence-electron chi connectivity index (χ2n) is 14.1. The normalized spacial score (nSPS) is 14.9. The molecule has 52 heavy (non-hydrogen) atoms. The van der Waals surface area contributed by atoms with Crippen molar-refractivity contribution in [3.8, 4) is 16.8 Å². The van der Waals surface area contributed by atoms with Gasteiger partial charge in [-0.2, -0.15) is 0 Å². The summed E-state index contributed by atoms with van der Waals surface area (Å²) in [6, 6.07) is 64.4. The summed E-state index contributed by atoms with van der Waals surface area (Å²) >= 11 is 0. The highest BCUT2D eigenvalue weighted by molar-refractivity contribution is 6.15. The van der Waals surface area contributed by atoms with Gasteiger partial charge in [0.25, 0.3) is 0 Å². The maximum atomic E-state index is 2.49. The minimum atomic E-state index is 0.295. The molecule has 0 N–H and O–H groups in total. The van der Waals surface area contributed by atoms with Crippen molar-refractivity contribution in [3.63, 3.8) is 0 Å². The molecule has 244 valence electrons. The van der Waals surface area contributed by atoms with Crippen LogP contribution >= 0.6 is 0 Å². The van der Waals surface area contributed by atoms with Crippen LogP contribution in [0.5, 0.6) is 0 Å². The Bertz CT molecular complexity index is 2930. The van der Waals surface area contributed by atoms with E-state index in [1.54, 1.807) is 0 Å². The Kier molecular flexibility index (Phi) is 6.41. The molecule has 0 amide bonds. The Hall–Kier alpha value is -6.64. The van der Waals surface area contributed by atoms with Crippen molar-refractivity contribution in [1.82, 2.24) is 4.57 Å². The molecule has 0 saturated heterocycles. The van der Waals surface area contributed by atoms with Gasteiger partial charge in [0, 0.05) is 39.3 Å². The summed E-state index contributed by atoms with van der Waals surface area (Å²) < 4.78 is 2.46. The van der Waals surface area contributed by atoms with Crippen molar-refractivity contribution in [2.75, 3.05) is 4.90 Å². The largest absolute Gasteiger partial charge is 0.314 e. The lowest BCUT2D eigenvalue weighted by Gasteiger charge is -2.32. The molecule has 0 fully saturated rings. The lowest BCUT2D eigenvalue weighted by Crippen LogP contribution is -2.20. The molecule has 0 radical (unpaired) electrons. The van der Waals surface area contributed by atoms with Gasteiger partial charge in [-0.3, -0.25) is 0 Å². The number of benzene rings is 8. The molecular weight excluding hydrogens is 629 g/mol. The van der Waals surface area contributed by atoms with Crippen LogP contribution in [0.15, 0.2) is 194 Å². The molecule has 1 heterocycles. The van der Waals surface area contributed by atoms with Gasteiger partial charge in [0.15, 0.2) is 0 Å². The highest BCUT2D eigenvalue weighted by Gasteiger charge is 2.34. The molecule has 11 rings (SSSR count). The van der Waals surface area contributed by atoms with Crippen LogP contribution in [-0.2, 0) is 0 Å². The minimum Gasteiger partial charge on any atom is -0.314 e. The summed E-state index contributed by atoms with van der Waals surface area (Å²) in [6.07, 6.45) is 5.70. The summed E-state index contributed by atoms with van der Waals surface area (Å²) in [4.78, 5) is 2.49. The second kappa shape index (κ2) is 11.4. The molecule has 0 aliphatic heterocycles. The maximum absolute atomic E-state index is 2.49. The van der Waals surface area contributed by atoms with E-state index in [0.29, 0.717) is 5.92 Å². The molecule has 9 aromatic rings. The topological polar surface area (TPSA) is 8.17 Å². The second-order valence-corrected chi connectivity index (χ2v) is 14.1. The van der Waals surface area contributed by atoms with E-state index >= 15 is 0 Å². The number of allylic oxidation sites excluding steroid dienone is 4. The molecule has 0 spiro atoms. The molecule has 8 aromatic carbocycles.